The summed E-state index contributed by atoms with van der Waals surface area (Å²) in [5.74, 6) is 0.284. The first-order chi connectivity index (χ1) is 14.1. The van der Waals surface area contributed by atoms with Gasteiger partial charge < -0.3 is 5.32 Å². The molecule has 30 heavy (non-hydrogen) atoms. The molecule has 1 amide bonds. The van der Waals surface area contributed by atoms with Crippen molar-refractivity contribution >= 4 is 15.9 Å². The Kier molecular flexibility index (Phi) is 6.68. The predicted molar refractivity (Wildman–Crippen MR) is 120 cm³/mol. The van der Waals surface area contributed by atoms with E-state index < -0.39 is 10.0 Å². The van der Waals surface area contributed by atoms with Gasteiger partial charge in [-0.3, -0.25) is 4.79 Å². The van der Waals surface area contributed by atoms with Gasteiger partial charge in [0, 0.05) is 18.7 Å². The highest BCUT2D eigenvalue weighted by Gasteiger charge is 2.29. The molecule has 1 N–H and O–H groups in total. The molecular formula is C24H32N2O3S. The second-order valence-corrected chi connectivity index (χ2v) is 10.6. The summed E-state index contributed by atoms with van der Waals surface area (Å²) in [5.41, 5.74) is 4.51. The number of carbonyl (C=O) groups is 1. The molecule has 0 aliphatic carbocycles. The van der Waals surface area contributed by atoms with Crippen molar-refractivity contribution in [3.8, 4) is 0 Å². The molecule has 0 spiro atoms. The van der Waals surface area contributed by atoms with Gasteiger partial charge in [-0.25, -0.2) is 8.42 Å². The Bertz CT molecular complexity index is 1040. The van der Waals surface area contributed by atoms with Gasteiger partial charge in [0.25, 0.3) is 5.91 Å². The molecule has 1 fully saturated rings. The van der Waals surface area contributed by atoms with E-state index in [2.05, 4.69) is 18.3 Å². The average Bonchev–Trinajstić information content (AvgIpc) is 2.68. The van der Waals surface area contributed by atoms with Crippen molar-refractivity contribution in [2.24, 2.45) is 5.92 Å². The van der Waals surface area contributed by atoms with E-state index in [1.807, 2.05) is 39.8 Å². The molecule has 1 aliphatic rings. The summed E-state index contributed by atoms with van der Waals surface area (Å²) < 4.78 is 27.7. The van der Waals surface area contributed by atoms with Crippen molar-refractivity contribution in [1.29, 1.82) is 0 Å². The number of hydrogen-bond acceptors (Lipinski definition) is 3. The van der Waals surface area contributed by atoms with Crippen molar-refractivity contribution in [1.82, 2.24) is 9.62 Å². The molecule has 1 saturated heterocycles. The van der Waals surface area contributed by atoms with Gasteiger partial charge in [0.15, 0.2) is 0 Å². The number of nitrogens with zero attached hydrogens (tertiary/aromatic N) is 1. The van der Waals surface area contributed by atoms with Crippen molar-refractivity contribution in [2.75, 3.05) is 13.1 Å². The lowest BCUT2D eigenvalue weighted by atomic mass is 9.99. The number of hydrogen-bond donors (Lipinski definition) is 1. The van der Waals surface area contributed by atoms with Crippen LogP contribution in [0.5, 0.6) is 0 Å². The van der Waals surface area contributed by atoms with Crippen LogP contribution in [0.1, 0.15) is 65.3 Å². The van der Waals surface area contributed by atoms with Crippen LogP contribution in [0.3, 0.4) is 0 Å². The molecule has 5 nitrogen and oxygen atoms in total. The Labute approximate surface area is 180 Å². The van der Waals surface area contributed by atoms with Crippen LogP contribution in [-0.4, -0.2) is 31.7 Å². The SMILES string of the molecule is Cc1ccc(C(C)NC(=O)c2cc(S(=O)(=O)N3CCC(C)CC3)ccc2C)c(C)c1. The highest BCUT2D eigenvalue weighted by atomic mass is 32.2. The molecule has 0 radical (unpaired) electrons. The van der Waals surface area contributed by atoms with Crippen LogP contribution in [0, 0.1) is 26.7 Å². The highest BCUT2D eigenvalue weighted by molar-refractivity contribution is 7.89. The highest BCUT2D eigenvalue weighted by Crippen LogP contribution is 2.25. The van der Waals surface area contributed by atoms with E-state index in [4.69, 9.17) is 0 Å². The van der Waals surface area contributed by atoms with E-state index >= 15 is 0 Å². The Balaban J connectivity index is 1.83. The molecule has 3 rings (SSSR count). The van der Waals surface area contributed by atoms with Crippen molar-refractivity contribution in [2.45, 2.75) is 58.4 Å². The summed E-state index contributed by atoms with van der Waals surface area (Å²) in [7, 11) is -3.60. The summed E-state index contributed by atoms with van der Waals surface area (Å²) >= 11 is 0. The number of amides is 1. The molecule has 0 aromatic heterocycles. The lowest BCUT2D eigenvalue weighted by Gasteiger charge is -2.29. The van der Waals surface area contributed by atoms with E-state index in [-0.39, 0.29) is 16.8 Å². The summed E-state index contributed by atoms with van der Waals surface area (Å²) in [4.78, 5) is 13.2. The molecule has 2 aromatic rings. The second kappa shape index (κ2) is 8.90. The van der Waals surface area contributed by atoms with Gasteiger partial charge in [0.05, 0.1) is 10.9 Å². The van der Waals surface area contributed by atoms with Gasteiger partial charge in [-0.05, 0) is 75.3 Å². The monoisotopic (exact) mass is 428 g/mol. The van der Waals surface area contributed by atoms with Crippen molar-refractivity contribution in [3.63, 3.8) is 0 Å². The third-order valence-electron chi connectivity index (χ3n) is 6.07. The van der Waals surface area contributed by atoms with Gasteiger partial charge in [-0.1, -0.05) is 36.8 Å². The minimum absolute atomic E-state index is 0.179. The van der Waals surface area contributed by atoms with Gasteiger partial charge in [-0.15, -0.1) is 0 Å². The summed E-state index contributed by atoms with van der Waals surface area (Å²) in [6.07, 6.45) is 1.73. The van der Waals surface area contributed by atoms with Crippen LogP contribution in [-0.2, 0) is 10.0 Å². The fourth-order valence-electron chi connectivity index (χ4n) is 4.04. The Morgan fingerprint density at radius 2 is 1.70 bits per heavy atom. The van der Waals surface area contributed by atoms with Crippen LogP contribution in [0.25, 0.3) is 0 Å². The number of sulfonamides is 1. The third kappa shape index (κ3) is 4.76. The molecule has 0 saturated carbocycles. The Morgan fingerprint density at radius 1 is 1.03 bits per heavy atom. The topological polar surface area (TPSA) is 66.5 Å². The first-order valence-corrected chi connectivity index (χ1v) is 12.0. The minimum Gasteiger partial charge on any atom is -0.345 e. The normalized spacial score (nSPS) is 17.0. The van der Waals surface area contributed by atoms with E-state index in [1.165, 1.54) is 15.9 Å². The maximum absolute atomic E-state index is 13.1. The number of carbonyl (C=O) groups excluding carboxylic acids is 1. The summed E-state index contributed by atoms with van der Waals surface area (Å²) in [6.45, 7) is 11.1. The standard InChI is InChI=1S/C24H32N2O3S/c1-16-10-12-26(13-11-16)30(28,29)21-8-7-18(3)23(15-21)24(27)25-20(5)22-9-6-17(2)14-19(22)4/h6-9,14-16,20H,10-13H2,1-5H3,(H,25,27). The van der Waals surface area contributed by atoms with E-state index in [0.717, 1.165) is 29.5 Å². The van der Waals surface area contributed by atoms with Crippen LogP contribution in [0.2, 0.25) is 0 Å². The third-order valence-corrected chi connectivity index (χ3v) is 7.97. The van der Waals surface area contributed by atoms with E-state index in [1.54, 1.807) is 12.1 Å². The van der Waals surface area contributed by atoms with Crippen molar-refractivity contribution < 1.29 is 13.2 Å². The second-order valence-electron chi connectivity index (χ2n) is 8.62. The Hall–Kier alpha value is -2.18. The fourth-order valence-corrected chi connectivity index (χ4v) is 5.54. The van der Waals surface area contributed by atoms with Gasteiger partial charge in [-0.2, -0.15) is 4.31 Å². The Morgan fingerprint density at radius 3 is 2.33 bits per heavy atom. The maximum atomic E-state index is 13.1. The number of nitrogens with one attached hydrogen (secondary N) is 1. The fraction of sp³-hybridized carbons (Fsp3) is 0.458. The van der Waals surface area contributed by atoms with Gasteiger partial charge >= 0.3 is 0 Å². The molecule has 6 heteroatoms. The number of rotatable bonds is 5. The summed E-state index contributed by atoms with van der Waals surface area (Å²) in [6, 6.07) is 10.8. The maximum Gasteiger partial charge on any atom is 0.252 e. The van der Waals surface area contributed by atoms with Crippen LogP contribution >= 0.6 is 0 Å². The molecular weight excluding hydrogens is 396 g/mol. The lowest BCUT2D eigenvalue weighted by Crippen LogP contribution is -2.38. The molecule has 162 valence electrons. The number of benzene rings is 2. The zero-order valence-corrected chi connectivity index (χ0v) is 19.3. The van der Waals surface area contributed by atoms with Crippen LogP contribution < -0.4 is 5.32 Å². The van der Waals surface area contributed by atoms with Gasteiger partial charge in [0.2, 0.25) is 10.0 Å². The first kappa shape index (κ1) is 22.5. The number of piperidine rings is 1. The summed E-state index contributed by atoms with van der Waals surface area (Å²) in [5, 5.41) is 3.03. The van der Waals surface area contributed by atoms with Gasteiger partial charge in [0.1, 0.15) is 0 Å². The average molecular weight is 429 g/mol. The van der Waals surface area contributed by atoms with E-state index in [9.17, 15) is 13.2 Å². The molecule has 1 heterocycles. The molecule has 1 atom stereocenters. The molecule has 2 aromatic carbocycles. The zero-order chi connectivity index (χ0) is 22.1. The van der Waals surface area contributed by atoms with E-state index in [0.29, 0.717) is 24.6 Å². The minimum atomic E-state index is -3.60. The number of aryl methyl sites for hydroxylation is 3. The first-order valence-electron chi connectivity index (χ1n) is 10.6. The molecule has 0 bridgehead atoms. The van der Waals surface area contributed by atoms with Crippen LogP contribution in [0.4, 0.5) is 0 Å². The molecule has 1 aliphatic heterocycles. The lowest BCUT2D eigenvalue weighted by molar-refractivity contribution is 0.0939. The smallest absolute Gasteiger partial charge is 0.252 e. The predicted octanol–water partition coefficient (Wildman–Crippen LogP) is 4.52. The van der Waals surface area contributed by atoms with Crippen LogP contribution in [0.15, 0.2) is 41.3 Å². The largest absolute Gasteiger partial charge is 0.345 e. The van der Waals surface area contributed by atoms with Crippen molar-refractivity contribution in [3.05, 3.63) is 64.2 Å². The quantitative estimate of drug-likeness (QED) is 0.761. The molecule has 1 unspecified atom stereocenters. The zero-order valence-electron chi connectivity index (χ0n) is 18.5.